The maximum atomic E-state index is 13.3. The first-order valence-electron chi connectivity index (χ1n) is 12.2. The van der Waals surface area contributed by atoms with Crippen molar-refractivity contribution < 1.29 is 14.4 Å². The number of hydrogen-bond donors (Lipinski definition) is 1. The molecule has 1 N–H and O–H groups in total. The van der Waals surface area contributed by atoms with Crippen LogP contribution in [0.4, 0.5) is 5.13 Å². The van der Waals surface area contributed by atoms with Crippen molar-refractivity contribution in [1.29, 1.82) is 0 Å². The predicted molar refractivity (Wildman–Crippen MR) is 137 cm³/mol. The summed E-state index contributed by atoms with van der Waals surface area (Å²) in [6.45, 7) is 9.14. The molecule has 0 bridgehead atoms. The lowest BCUT2D eigenvalue weighted by Crippen LogP contribution is -2.50. The Balaban J connectivity index is 1.32. The number of hydrogen-bond acceptors (Lipinski definition) is 6. The topological polar surface area (TPSA) is 82.6 Å². The molecule has 1 fully saturated rings. The van der Waals surface area contributed by atoms with Crippen molar-refractivity contribution in [3.8, 4) is 0 Å². The number of likely N-dealkylation sites (tertiary alicyclic amines) is 1. The number of nitrogens with one attached hydrogen (secondary N) is 1. The normalized spacial score (nSPS) is 17.9. The van der Waals surface area contributed by atoms with Gasteiger partial charge in [-0.2, -0.15) is 0 Å². The number of benzene rings is 2. The summed E-state index contributed by atoms with van der Waals surface area (Å²) in [7, 11) is 0. The molecule has 2 aliphatic heterocycles. The van der Waals surface area contributed by atoms with E-state index in [1.54, 1.807) is 24.3 Å². The van der Waals surface area contributed by atoms with E-state index in [1.165, 1.54) is 29.7 Å². The Labute approximate surface area is 209 Å². The van der Waals surface area contributed by atoms with E-state index >= 15 is 0 Å². The van der Waals surface area contributed by atoms with Crippen molar-refractivity contribution in [3.63, 3.8) is 0 Å². The molecule has 1 saturated heterocycles. The number of piperidine rings is 1. The first kappa shape index (κ1) is 23.6. The standard InChI is InChI=1S/C27H30N4O3S/c1-16(2)23(31-25(33)19-6-4-5-7-20(19)26(31)34)24(32)29-27-28-21-9-8-18(14-22(21)35-27)15-30-12-10-17(3)11-13-30/h4-9,14,16-17,23H,10-13,15H2,1-3H3,(H,28,29,32). The SMILES string of the molecule is CC1CCN(Cc2ccc3nc(NC(=O)C(C(C)C)N4C(=O)c5ccccc5C4=O)sc3c2)CC1. The number of thiazole rings is 1. The molecule has 3 amide bonds. The Bertz CT molecular complexity index is 1260. The molecule has 35 heavy (non-hydrogen) atoms. The highest BCUT2D eigenvalue weighted by Gasteiger charge is 2.44. The molecule has 0 spiro atoms. The van der Waals surface area contributed by atoms with Gasteiger partial charge in [-0.25, -0.2) is 4.98 Å². The van der Waals surface area contributed by atoms with Crippen molar-refractivity contribution in [2.45, 2.75) is 46.2 Å². The van der Waals surface area contributed by atoms with E-state index in [0.29, 0.717) is 16.3 Å². The third kappa shape index (κ3) is 4.60. The van der Waals surface area contributed by atoms with E-state index in [-0.39, 0.29) is 5.92 Å². The van der Waals surface area contributed by atoms with Gasteiger partial charge >= 0.3 is 0 Å². The number of nitrogens with zero attached hydrogens (tertiary/aromatic N) is 3. The molecule has 1 aromatic heterocycles. The van der Waals surface area contributed by atoms with Gasteiger partial charge in [0.15, 0.2) is 5.13 Å². The molecular formula is C27H30N4O3S. The largest absolute Gasteiger partial charge is 0.300 e. The zero-order chi connectivity index (χ0) is 24.7. The van der Waals surface area contributed by atoms with Crippen LogP contribution < -0.4 is 5.32 Å². The molecule has 3 aromatic rings. The molecule has 1 atom stereocenters. The average molecular weight is 491 g/mol. The Morgan fingerprint density at radius 2 is 1.74 bits per heavy atom. The van der Waals surface area contributed by atoms with Gasteiger partial charge in [-0.05, 0) is 67.6 Å². The molecule has 7 nitrogen and oxygen atoms in total. The minimum Gasteiger partial charge on any atom is -0.300 e. The van der Waals surface area contributed by atoms with Crippen molar-refractivity contribution in [1.82, 2.24) is 14.8 Å². The van der Waals surface area contributed by atoms with Crippen LogP contribution in [0.1, 0.15) is 59.9 Å². The van der Waals surface area contributed by atoms with Gasteiger partial charge in [-0.1, -0.05) is 50.3 Å². The Hall–Kier alpha value is -3.10. The van der Waals surface area contributed by atoms with E-state index in [9.17, 15) is 14.4 Å². The minimum atomic E-state index is -0.925. The zero-order valence-electron chi connectivity index (χ0n) is 20.3. The van der Waals surface area contributed by atoms with E-state index < -0.39 is 23.8 Å². The lowest BCUT2D eigenvalue weighted by atomic mass is 9.99. The number of carbonyl (C=O) groups is 3. The summed E-state index contributed by atoms with van der Waals surface area (Å²) >= 11 is 1.41. The number of fused-ring (bicyclic) bond motifs is 2. The zero-order valence-corrected chi connectivity index (χ0v) is 21.1. The molecule has 0 saturated carbocycles. The fourth-order valence-corrected chi connectivity index (χ4v) is 5.89. The number of anilines is 1. The molecule has 1 unspecified atom stereocenters. The first-order chi connectivity index (χ1) is 16.8. The number of aromatic nitrogens is 1. The van der Waals surface area contributed by atoms with Crippen LogP contribution in [0.2, 0.25) is 0 Å². The van der Waals surface area contributed by atoms with Crippen LogP contribution in [0, 0.1) is 11.8 Å². The van der Waals surface area contributed by atoms with Gasteiger partial charge in [0.05, 0.1) is 21.3 Å². The molecule has 8 heteroatoms. The lowest BCUT2D eigenvalue weighted by molar-refractivity contribution is -0.121. The fourth-order valence-electron chi connectivity index (χ4n) is 4.96. The number of amides is 3. The quantitative estimate of drug-likeness (QED) is 0.503. The highest BCUT2D eigenvalue weighted by atomic mass is 32.1. The molecule has 0 aliphatic carbocycles. The van der Waals surface area contributed by atoms with Gasteiger partial charge in [0.1, 0.15) is 6.04 Å². The maximum absolute atomic E-state index is 13.3. The minimum absolute atomic E-state index is 0.259. The van der Waals surface area contributed by atoms with E-state index in [1.807, 2.05) is 19.9 Å². The summed E-state index contributed by atoms with van der Waals surface area (Å²) < 4.78 is 1.00. The van der Waals surface area contributed by atoms with Crippen LogP contribution in [0.15, 0.2) is 42.5 Å². The van der Waals surface area contributed by atoms with E-state index in [4.69, 9.17) is 0 Å². The number of rotatable bonds is 6. The third-order valence-corrected chi connectivity index (χ3v) is 7.90. The van der Waals surface area contributed by atoms with Crippen LogP contribution in [-0.4, -0.2) is 51.6 Å². The molecule has 0 radical (unpaired) electrons. The van der Waals surface area contributed by atoms with E-state index in [2.05, 4.69) is 34.3 Å². The Morgan fingerprint density at radius 1 is 1.09 bits per heavy atom. The second-order valence-electron chi connectivity index (χ2n) is 9.98. The van der Waals surface area contributed by atoms with Crippen molar-refractivity contribution in [3.05, 3.63) is 59.2 Å². The van der Waals surface area contributed by atoms with Gasteiger partial charge in [0, 0.05) is 6.54 Å². The molecule has 5 rings (SSSR count). The lowest BCUT2D eigenvalue weighted by Gasteiger charge is -2.30. The molecule has 182 valence electrons. The highest BCUT2D eigenvalue weighted by Crippen LogP contribution is 2.31. The Kier molecular flexibility index (Phi) is 6.42. The van der Waals surface area contributed by atoms with Crippen LogP contribution in [0.25, 0.3) is 10.2 Å². The first-order valence-corrected chi connectivity index (χ1v) is 13.0. The molecule has 2 aromatic carbocycles. The fraction of sp³-hybridized carbons (Fsp3) is 0.407. The predicted octanol–water partition coefficient (Wildman–Crippen LogP) is 4.79. The van der Waals surface area contributed by atoms with Crippen LogP contribution >= 0.6 is 11.3 Å². The van der Waals surface area contributed by atoms with E-state index in [0.717, 1.165) is 40.7 Å². The second-order valence-corrected chi connectivity index (χ2v) is 11.0. The van der Waals surface area contributed by atoms with Crippen LogP contribution in [-0.2, 0) is 11.3 Å². The monoisotopic (exact) mass is 490 g/mol. The summed E-state index contributed by atoms with van der Waals surface area (Å²) in [6.07, 6.45) is 2.48. The third-order valence-electron chi connectivity index (χ3n) is 6.97. The van der Waals surface area contributed by atoms with Gasteiger partial charge in [0.2, 0.25) is 5.91 Å². The summed E-state index contributed by atoms with van der Waals surface area (Å²) in [5.41, 5.74) is 2.74. The summed E-state index contributed by atoms with van der Waals surface area (Å²) in [5.74, 6) is -0.723. The summed E-state index contributed by atoms with van der Waals surface area (Å²) in [4.78, 5) is 47.4. The maximum Gasteiger partial charge on any atom is 0.262 e. The Morgan fingerprint density at radius 3 is 2.37 bits per heavy atom. The van der Waals surface area contributed by atoms with Crippen molar-refractivity contribution in [2.75, 3.05) is 18.4 Å². The molecular weight excluding hydrogens is 460 g/mol. The number of carbonyl (C=O) groups excluding carboxylic acids is 3. The average Bonchev–Trinajstić information content (AvgIpc) is 3.34. The van der Waals surface area contributed by atoms with Gasteiger partial charge in [-0.3, -0.25) is 24.2 Å². The van der Waals surface area contributed by atoms with Crippen molar-refractivity contribution in [2.24, 2.45) is 11.8 Å². The second kappa shape index (κ2) is 9.51. The van der Waals surface area contributed by atoms with Gasteiger partial charge in [-0.15, -0.1) is 0 Å². The van der Waals surface area contributed by atoms with Gasteiger partial charge in [0.25, 0.3) is 11.8 Å². The van der Waals surface area contributed by atoms with Crippen molar-refractivity contribution >= 4 is 44.4 Å². The summed E-state index contributed by atoms with van der Waals surface area (Å²) in [5, 5.41) is 3.34. The van der Waals surface area contributed by atoms with Gasteiger partial charge < -0.3 is 5.32 Å². The number of imide groups is 1. The molecule has 2 aliphatic rings. The van der Waals surface area contributed by atoms with Crippen LogP contribution in [0.5, 0.6) is 0 Å². The van der Waals surface area contributed by atoms with Crippen LogP contribution in [0.3, 0.4) is 0 Å². The highest BCUT2D eigenvalue weighted by molar-refractivity contribution is 7.22. The summed E-state index contributed by atoms with van der Waals surface area (Å²) in [6, 6.07) is 12.0. The smallest absolute Gasteiger partial charge is 0.262 e. The molecule has 3 heterocycles.